The Morgan fingerprint density at radius 2 is 1.96 bits per heavy atom. The van der Waals surface area contributed by atoms with E-state index >= 15 is 0 Å². The Kier molecular flexibility index (Phi) is 6.51. The Balaban J connectivity index is 1.70. The maximum Gasteiger partial charge on any atom is 0.220 e. The zero-order valence-corrected chi connectivity index (χ0v) is 15.6. The molecule has 3 rings (SSSR count). The lowest BCUT2D eigenvalue weighted by Gasteiger charge is -2.28. The van der Waals surface area contributed by atoms with Gasteiger partial charge in [-0.1, -0.05) is 25.1 Å². The van der Waals surface area contributed by atoms with Crippen molar-refractivity contribution in [2.45, 2.75) is 57.4 Å². The molecule has 1 aromatic rings. The predicted molar refractivity (Wildman–Crippen MR) is 102 cm³/mol. The molecule has 0 spiro atoms. The Morgan fingerprint density at radius 1 is 1.23 bits per heavy atom. The predicted octanol–water partition coefficient (Wildman–Crippen LogP) is 1.11. The van der Waals surface area contributed by atoms with Crippen LogP contribution in [0.2, 0.25) is 0 Å². The number of anilines is 1. The molecule has 3 atom stereocenters. The Hall–Kier alpha value is -1.63. The molecular formula is C20H31N3O3. The van der Waals surface area contributed by atoms with E-state index in [9.17, 15) is 15.0 Å². The lowest BCUT2D eigenvalue weighted by Crippen LogP contribution is -2.45. The minimum absolute atomic E-state index is 0.00138. The fraction of sp³-hybridized carbons (Fsp3) is 0.650. The number of benzene rings is 1. The SMILES string of the molecule is CCCC(=O)NC[C@@H]1[C@@H](O)[C@@H](O)CN1Cc1ccccc1N1CCCC1. The van der Waals surface area contributed by atoms with Gasteiger partial charge in [-0.05, 0) is 30.9 Å². The molecule has 2 saturated heterocycles. The Morgan fingerprint density at radius 3 is 2.69 bits per heavy atom. The highest BCUT2D eigenvalue weighted by Gasteiger charge is 2.40. The number of carbonyl (C=O) groups is 1. The molecule has 0 aromatic heterocycles. The molecule has 2 aliphatic heterocycles. The number of aliphatic hydroxyl groups excluding tert-OH is 2. The quantitative estimate of drug-likeness (QED) is 0.678. The van der Waals surface area contributed by atoms with Crippen LogP contribution in [-0.2, 0) is 11.3 Å². The van der Waals surface area contributed by atoms with Gasteiger partial charge < -0.3 is 20.4 Å². The maximum atomic E-state index is 11.8. The highest BCUT2D eigenvalue weighted by Crippen LogP contribution is 2.28. The van der Waals surface area contributed by atoms with Crippen LogP contribution < -0.4 is 10.2 Å². The number of likely N-dealkylation sites (tertiary alicyclic amines) is 1. The molecule has 6 heteroatoms. The summed E-state index contributed by atoms with van der Waals surface area (Å²) in [6.07, 6.45) is 2.12. The summed E-state index contributed by atoms with van der Waals surface area (Å²) >= 11 is 0. The number of nitrogens with zero attached hydrogens (tertiary/aromatic N) is 2. The summed E-state index contributed by atoms with van der Waals surface area (Å²) in [5, 5.41) is 23.4. The highest BCUT2D eigenvalue weighted by atomic mass is 16.3. The summed E-state index contributed by atoms with van der Waals surface area (Å²) < 4.78 is 0. The van der Waals surface area contributed by atoms with E-state index in [1.165, 1.54) is 24.1 Å². The second-order valence-electron chi connectivity index (χ2n) is 7.43. The van der Waals surface area contributed by atoms with Crippen molar-refractivity contribution >= 4 is 11.6 Å². The summed E-state index contributed by atoms with van der Waals surface area (Å²) in [5.41, 5.74) is 2.45. The second kappa shape index (κ2) is 8.84. The first-order chi connectivity index (χ1) is 12.6. The standard InChI is InChI=1S/C20H31N3O3/c1-2-7-19(25)21-12-17-20(26)18(24)14-23(17)13-15-8-3-4-9-16(15)22-10-5-6-11-22/h3-4,8-9,17-18,20,24,26H,2,5-7,10-14H2,1H3,(H,21,25)/t17-,18+,20-/m1/s1. The third-order valence-corrected chi connectivity index (χ3v) is 5.48. The van der Waals surface area contributed by atoms with Crippen LogP contribution in [0, 0.1) is 0 Å². The number of aliphatic hydroxyl groups is 2. The first-order valence-electron chi connectivity index (χ1n) is 9.80. The number of β-amino-alcohol motifs (C(OH)–C–C–N with tert-alkyl or cyclic N) is 1. The lowest BCUT2D eigenvalue weighted by atomic mass is 10.1. The molecular weight excluding hydrogens is 330 g/mol. The van der Waals surface area contributed by atoms with Gasteiger partial charge in [0.1, 0.15) is 0 Å². The number of para-hydroxylation sites is 1. The summed E-state index contributed by atoms with van der Waals surface area (Å²) in [5.74, 6) is -0.00138. The maximum absolute atomic E-state index is 11.8. The number of rotatable bonds is 7. The summed E-state index contributed by atoms with van der Waals surface area (Å²) in [7, 11) is 0. The van der Waals surface area contributed by atoms with Crippen LogP contribution in [0.5, 0.6) is 0 Å². The summed E-state index contributed by atoms with van der Waals surface area (Å²) in [4.78, 5) is 16.3. The van der Waals surface area contributed by atoms with Crippen LogP contribution in [0.1, 0.15) is 38.2 Å². The average Bonchev–Trinajstić information content (AvgIpc) is 3.24. The van der Waals surface area contributed by atoms with Crippen molar-refractivity contribution in [1.29, 1.82) is 0 Å². The summed E-state index contributed by atoms with van der Waals surface area (Å²) in [6, 6.07) is 8.11. The van der Waals surface area contributed by atoms with E-state index in [0.717, 1.165) is 19.5 Å². The molecule has 1 aromatic carbocycles. The summed E-state index contributed by atoms with van der Waals surface area (Å²) in [6.45, 7) is 5.58. The minimum Gasteiger partial charge on any atom is -0.389 e. The number of hydrogen-bond donors (Lipinski definition) is 3. The molecule has 6 nitrogen and oxygen atoms in total. The van der Waals surface area contributed by atoms with E-state index in [1.807, 2.05) is 13.0 Å². The zero-order valence-electron chi connectivity index (χ0n) is 15.6. The normalized spacial score (nSPS) is 26.4. The molecule has 2 fully saturated rings. The van der Waals surface area contributed by atoms with Crippen molar-refractivity contribution in [3.05, 3.63) is 29.8 Å². The van der Waals surface area contributed by atoms with Gasteiger partial charge in [0.15, 0.2) is 0 Å². The van der Waals surface area contributed by atoms with Gasteiger partial charge in [0.05, 0.1) is 18.2 Å². The first kappa shape index (κ1) is 19.1. The van der Waals surface area contributed by atoms with Gasteiger partial charge in [-0.3, -0.25) is 9.69 Å². The third-order valence-electron chi connectivity index (χ3n) is 5.48. The van der Waals surface area contributed by atoms with Crippen LogP contribution in [0.3, 0.4) is 0 Å². The molecule has 2 aliphatic rings. The minimum atomic E-state index is -0.837. The van der Waals surface area contributed by atoms with Crippen molar-refractivity contribution < 1.29 is 15.0 Å². The number of amides is 1. The van der Waals surface area contributed by atoms with Crippen molar-refractivity contribution in [2.24, 2.45) is 0 Å². The van der Waals surface area contributed by atoms with E-state index in [0.29, 0.717) is 26.1 Å². The van der Waals surface area contributed by atoms with E-state index in [1.54, 1.807) is 0 Å². The van der Waals surface area contributed by atoms with Crippen molar-refractivity contribution in [3.8, 4) is 0 Å². The fourth-order valence-electron chi connectivity index (χ4n) is 4.05. The van der Waals surface area contributed by atoms with Crippen LogP contribution in [0.4, 0.5) is 5.69 Å². The van der Waals surface area contributed by atoms with E-state index in [-0.39, 0.29) is 11.9 Å². The largest absolute Gasteiger partial charge is 0.389 e. The van der Waals surface area contributed by atoms with Crippen molar-refractivity contribution in [2.75, 3.05) is 31.1 Å². The molecule has 0 radical (unpaired) electrons. The van der Waals surface area contributed by atoms with Gasteiger partial charge in [0.2, 0.25) is 5.91 Å². The molecule has 0 saturated carbocycles. The smallest absolute Gasteiger partial charge is 0.220 e. The van der Waals surface area contributed by atoms with Gasteiger partial charge in [-0.25, -0.2) is 0 Å². The molecule has 3 N–H and O–H groups in total. The van der Waals surface area contributed by atoms with Gasteiger partial charge in [-0.15, -0.1) is 0 Å². The molecule has 144 valence electrons. The lowest BCUT2D eigenvalue weighted by molar-refractivity contribution is -0.121. The van der Waals surface area contributed by atoms with Gasteiger partial charge in [0.25, 0.3) is 0 Å². The fourth-order valence-corrected chi connectivity index (χ4v) is 4.05. The third kappa shape index (κ3) is 4.37. The van der Waals surface area contributed by atoms with E-state index in [4.69, 9.17) is 0 Å². The second-order valence-corrected chi connectivity index (χ2v) is 7.43. The van der Waals surface area contributed by atoms with Crippen LogP contribution in [0.25, 0.3) is 0 Å². The Labute approximate surface area is 155 Å². The number of nitrogens with one attached hydrogen (secondary N) is 1. The topological polar surface area (TPSA) is 76.0 Å². The van der Waals surface area contributed by atoms with Gasteiger partial charge in [-0.2, -0.15) is 0 Å². The first-order valence-corrected chi connectivity index (χ1v) is 9.80. The molecule has 0 bridgehead atoms. The van der Waals surface area contributed by atoms with Gasteiger partial charge >= 0.3 is 0 Å². The van der Waals surface area contributed by atoms with E-state index in [2.05, 4.69) is 33.3 Å². The molecule has 1 amide bonds. The zero-order chi connectivity index (χ0) is 18.5. The van der Waals surface area contributed by atoms with Crippen LogP contribution >= 0.6 is 0 Å². The molecule has 0 unspecified atom stereocenters. The van der Waals surface area contributed by atoms with Crippen molar-refractivity contribution in [1.82, 2.24) is 10.2 Å². The monoisotopic (exact) mass is 361 g/mol. The van der Waals surface area contributed by atoms with E-state index < -0.39 is 12.2 Å². The Bertz CT molecular complexity index is 604. The number of carbonyl (C=O) groups excluding carboxylic acids is 1. The molecule has 26 heavy (non-hydrogen) atoms. The van der Waals surface area contributed by atoms with Gasteiger partial charge in [0, 0.05) is 44.8 Å². The van der Waals surface area contributed by atoms with Crippen LogP contribution in [-0.4, -0.2) is 65.4 Å². The molecule has 0 aliphatic carbocycles. The molecule has 2 heterocycles. The van der Waals surface area contributed by atoms with Crippen molar-refractivity contribution in [3.63, 3.8) is 0 Å². The number of hydrogen-bond acceptors (Lipinski definition) is 5. The van der Waals surface area contributed by atoms with Crippen LogP contribution in [0.15, 0.2) is 24.3 Å². The highest BCUT2D eigenvalue weighted by molar-refractivity contribution is 5.75. The average molecular weight is 361 g/mol.